The van der Waals surface area contributed by atoms with Gasteiger partial charge in [0, 0.05) is 20.1 Å². The number of carbonyl (C=O) groups excluding carboxylic acids is 1. The lowest BCUT2D eigenvalue weighted by Crippen LogP contribution is -2.44. The van der Waals surface area contributed by atoms with Crippen LogP contribution in [0.5, 0.6) is 0 Å². The van der Waals surface area contributed by atoms with Crippen molar-refractivity contribution in [2.24, 2.45) is 0 Å². The zero-order valence-corrected chi connectivity index (χ0v) is 14.2. The minimum atomic E-state index is -0.966. The van der Waals surface area contributed by atoms with Gasteiger partial charge in [-0.1, -0.05) is 11.3 Å². The Morgan fingerprint density at radius 3 is 2.55 bits per heavy atom. The molecule has 2 aromatic rings. The van der Waals surface area contributed by atoms with E-state index in [1.165, 1.54) is 27.6 Å². The summed E-state index contributed by atoms with van der Waals surface area (Å²) in [5.41, 5.74) is 0. The standard InChI is InChI=1S/C14H17N3O3S2/c1-7(13(19)20)17(8-4-5-8)12(18)10-6-9-11(21-10)15-14(22-9)16(2)3/h6-8H,4-5H2,1-3H3,(H,19,20). The molecule has 0 radical (unpaired) electrons. The highest BCUT2D eigenvalue weighted by Gasteiger charge is 2.39. The average molecular weight is 339 g/mol. The summed E-state index contributed by atoms with van der Waals surface area (Å²) in [7, 11) is 3.86. The number of fused-ring (bicyclic) bond motifs is 1. The van der Waals surface area contributed by atoms with E-state index >= 15 is 0 Å². The van der Waals surface area contributed by atoms with Crippen molar-refractivity contribution in [2.45, 2.75) is 31.8 Å². The molecule has 1 unspecified atom stereocenters. The Morgan fingerprint density at radius 2 is 2.05 bits per heavy atom. The normalized spacial score (nSPS) is 15.8. The van der Waals surface area contributed by atoms with Crippen molar-refractivity contribution in [1.29, 1.82) is 0 Å². The highest BCUT2D eigenvalue weighted by molar-refractivity contribution is 7.29. The summed E-state index contributed by atoms with van der Waals surface area (Å²) >= 11 is 2.87. The van der Waals surface area contributed by atoms with Crippen molar-refractivity contribution in [2.75, 3.05) is 19.0 Å². The molecule has 1 saturated carbocycles. The number of nitrogens with zero attached hydrogens (tertiary/aromatic N) is 3. The molecule has 1 fully saturated rings. The van der Waals surface area contributed by atoms with Crippen LogP contribution in [0.3, 0.4) is 0 Å². The van der Waals surface area contributed by atoms with Gasteiger partial charge in [-0.15, -0.1) is 11.3 Å². The summed E-state index contributed by atoms with van der Waals surface area (Å²) in [6, 6.07) is 1.09. The lowest BCUT2D eigenvalue weighted by Gasteiger charge is -2.25. The van der Waals surface area contributed by atoms with E-state index in [-0.39, 0.29) is 11.9 Å². The number of hydrogen-bond acceptors (Lipinski definition) is 6. The van der Waals surface area contributed by atoms with Crippen molar-refractivity contribution < 1.29 is 14.7 Å². The number of hydrogen-bond donors (Lipinski definition) is 1. The monoisotopic (exact) mass is 339 g/mol. The molecule has 6 nitrogen and oxygen atoms in total. The van der Waals surface area contributed by atoms with Crippen LogP contribution in [0.1, 0.15) is 29.4 Å². The van der Waals surface area contributed by atoms with Crippen LogP contribution in [-0.2, 0) is 4.79 Å². The van der Waals surface area contributed by atoms with Crippen LogP contribution in [0.2, 0.25) is 0 Å². The molecule has 0 saturated heterocycles. The van der Waals surface area contributed by atoms with Crippen LogP contribution in [0.4, 0.5) is 5.13 Å². The van der Waals surface area contributed by atoms with Gasteiger partial charge in [0.1, 0.15) is 10.9 Å². The van der Waals surface area contributed by atoms with Crippen LogP contribution >= 0.6 is 22.7 Å². The first-order valence-electron chi connectivity index (χ1n) is 7.01. The molecule has 0 spiro atoms. The summed E-state index contributed by atoms with van der Waals surface area (Å²) in [5, 5.41) is 10.1. The van der Waals surface area contributed by atoms with Crippen LogP contribution in [0.15, 0.2) is 6.07 Å². The number of carboxylic acid groups (broad SMARTS) is 1. The number of carboxylic acids is 1. The SMILES string of the molecule is CC(C(=O)O)N(C(=O)c1cc2sc(N(C)C)nc2s1)C1CC1. The van der Waals surface area contributed by atoms with E-state index < -0.39 is 12.0 Å². The number of rotatable bonds is 5. The molecule has 2 heterocycles. The van der Waals surface area contributed by atoms with Crippen molar-refractivity contribution in [1.82, 2.24) is 9.88 Å². The number of carbonyl (C=O) groups is 2. The first-order valence-corrected chi connectivity index (χ1v) is 8.65. The highest BCUT2D eigenvalue weighted by Crippen LogP contribution is 2.36. The van der Waals surface area contributed by atoms with Gasteiger partial charge in [0.15, 0.2) is 5.13 Å². The second-order valence-electron chi connectivity index (χ2n) is 5.63. The molecule has 0 aromatic carbocycles. The number of amides is 1. The molecular weight excluding hydrogens is 322 g/mol. The number of anilines is 1. The maximum Gasteiger partial charge on any atom is 0.326 e. The van der Waals surface area contributed by atoms with E-state index in [9.17, 15) is 14.7 Å². The van der Waals surface area contributed by atoms with E-state index in [4.69, 9.17) is 0 Å². The van der Waals surface area contributed by atoms with Crippen molar-refractivity contribution in [3.05, 3.63) is 10.9 Å². The van der Waals surface area contributed by atoms with E-state index in [1.54, 1.807) is 6.92 Å². The number of thiophene rings is 1. The topological polar surface area (TPSA) is 73.7 Å². The summed E-state index contributed by atoms with van der Waals surface area (Å²) in [5.74, 6) is -1.16. The summed E-state index contributed by atoms with van der Waals surface area (Å²) in [6.45, 7) is 1.57. The zero-order valence-electron chi connectivity index (χ0n) is 12.6. The predicted octanol–water partition coefficient (Wildman–Crippen LogP) is 2.50. The molecule has 1 aliphatic rings. The van der Waals surface area contributed by atoms with Gasteiger partial charge in [-0.05, 0) is 25.8 Å². The van der Waals surface area contributed by atoms with Gasteiger partial charge in [-0.2, -0.15) is 0 Å². The van der Waals surface area contributed by atoms with Gasteiger partial charge in [0.05, 0.1) is 9.58 Å². The minimum Gasteiger partial charge on any atom is -0.480 e. The van der Waals surface area contributed by atoms with Crippen LogP contribution in [-0.4, -0.2) is 53.0 Å². The Labute approximate surface area is 136 Å². The maximum atomic E-state index is 12.7. The molecule has 22 heavy (non-hydrogen) atoms. The third-order valence-electron chi connectivity index (χ3n) is 3.62. The minimum absolute atomic E-state index is 0.0593. The second kappa shape index (κ2) is 5.51. The summed E-state index contributed by atoms with van der Waals surface area (Å²) in [6.07, 6.45) is 1.76. The Kier molecular flexibility index (Phi) is 3.82. The average Bonchev–Trinajstić information content (AvgIpc) is 3.06. The molecule has 3 rings (SSSR count). The number of thiazole rings is 1. The molecule has 8 heteroatoms. The van der Waals surface area contributed by atoms with Gasteiger partial charge < -0.3 is 14.9 Å². The van der Waals surface area contributed by atoms with Gasteiger partial charge in [-0.25, -0.2) is 9.78 Å². The first kappa shape index (κ1) is 15.2. The fourth-order valence-electron chi connectivity index (χ4n) is 2.28. The Morgan fingerprint density at radius 1 is 1.36 bits per heavy atom. The largest absolute Gasteiger partial charge is 0.480 e. The highest BCUT2D eigenvalue weighted by atomic mass is 32.1. The maximum absolute atomic E-state index is 12.7. The zero-order chi connectivity index (χ0) is 16.0. The molecule has 0 bridgehead atoms. The van der Waals surface area contributed by atoms with Crippen molar-refractivity contribution in [3.63, 3.8) is 0 Å². The third-order valence-corrected chi connectivity index (χ3v) is 5.94. The van der Waals surface area contributed by atoms with Gasteiger partial charge in [0.25, 0.3) is 5.91 Å². The van der Waals surface area contributed by atoms with Crippen LogP contribution in [0, 0.1) is 0 Å². The Bertz CT molecular complexity index is 701. The Hall–Kier alpha value is -1.67. The van der Waals surface area contributed by atoms with Crippen molar-refractivity contribution in [3.8, 4) is 0 Å². The quantitative estimate of drug-likeness (QED) is 0.906. The molecule has 2 aromatic heterocycles. The van der Waals surface area contributed by atoms with E-state index in [0.717, 1.165) is 27.5 Å². The molecule has 1 aliphatic carbocycles. The predicted molar refractivity (Wildman–Crippen MR) is 88.1 cm³/mol. The fourth-order valence-corrected chi connectivity index (χ4v) is 4.36. The van der Waals surface area contributed by atoms with Crippen molar-refractivity contribution >= 4 is 49.2 Å². The van der Waals surface area contributed by atoms with E-state index in [2.05, 4.69) is 4.98 Å². The molecular formula is C14H17N3O3S2. The van der Waals surface area contributed by atoms with E-state index in [1.807, 2.05) is 25.1 Å². The van der Waals surface area contributed by atoms with Crippen LogP contribution in [0.25, 0.3) is 9.53 Å². The first-order chi connectivity index (χ1) is 10.4. The van der Waals surface area contributed by atoms with E-state index in [0.29, 0.717) is 4.88 Å². The number of aliphatic carboxylic acids is 1. The van der Waals surface area contributed by atoms with Crippen LogP contribution < -0.4 is 4.90 Å². The summed E-state index contributed by atoms with van der Waals surface area (Å²) in [4.78, 5) is 33.3. The molecule has 1 N–H and O–H groups in total. The summed E-state index contributed by atoms with van der Waals surface area (Å²) < 4.78 is 0.968. The Balaban J connectivity index is 1.89. The molecule has 118 valence electrons. The lowest BCUT2D eigenvalue weighted by atomic mass is 10.2. The van der Waals surface area contributed by atoms with Gasteiger partial charge in [-0.3, -0.25) is 4.79 Å². The molecule has 1 atom stereocenters. The number of aromatic nitrogens is 1. The molecule has 0 aliphatic heterocycles. The smallest absolute Gasteiger partial charge is 0.326 e. The second-order valence-corrected chi connectivity index (χ2v) is 7.67. The van der Waals surface area contributed by atoms with Gasteiger partial charge in [0.2, 0.25) is 0 Å². The molecule has 1 amide bonds. The lowest BCUT2D eigenvalue weighted by molar-refractivity contribution is -0.141. The fraction of sp³-hybridized carbons (Fsp3) is 0.500. The van der Waals surface area contributed by atoms with Gasteiger partial charge >= 0.3 is 5.97 Å². The third kappa shape index (κ3) is 2.68.